The molecule has 2 aliphatic heterocycles. The van der Waals surface area contributed by atoms with E-state index >= 15 is 0 Å². The SMILES string of the molecule is C=C1CC2/C=C/CC/C=C(\NC(CS)C(=C)N[C@H](C(C)C)C(=C)NC(C)C(=C)C2)[C@@H](C)N1. The summed E-state index contributed by atoms with van der Waals surface area (Å²) in [4.78, 5) is 0. The average Bonchev–Trinajstić information content (AvgIpc) is 2.74. The van der Waals surface area contributed by atoms with E-state index in [2.05, 4.69) is 106 Å². The molecule has 0 aliphatic carbocycles. The van der Waals surface area contributed by atoms with Gasteiger partial charge in [0.2, 0.25) is 0 Å². The third-order valence-corrected chi connectivity index (χ3v) is 6.73. The van der Waals surface area contributed by atoms with Crippen molar-refractivity contribution in [1.82, 2.24) is 21.3 Å². The first-order chi connectivity index (χ1) is 15.1. The summed E-state index contributed by atoms with van der Waals surface area (Å²) in [6.07, 6.45) is 10.7. The Kier molecular flexibility index (Phi) is 10.1. The van der Waals surface area contributed by atoms with Gasteiger partial charge in [-0.1, -0.05) is 64.0 Å². The van der Waals surface area contributed by atoms with Crippen molar-refractivity contribution >= 4 is 12.6 Å². The standard InChI is InChI=1S/C27H44N4S/c1-17(2)27-23(8)29-20(5)18(3)14-24-12-10-9-11-13-25(21(6)28-19(4)15-24)31-26(16-32)22(7)30-27/h10,12-13,17,20-21,24,26-32H,3-4,7-9,11,14-16H2,1-2,5-6H3/b12-10+,25-13-/t20?,21-,24?,26?,27-/m1/s1. The predicted molar refractivity (Wildman–Crippen MR) is 143 cm³/mol. The maximum Gasteiger partial charge on any atom is 0.0739 e. The van der Waals surface area contributed by atoms with E-state index in [-0.39, 0.29) is 24.2 Å². The van der Waals surface area contributed by atoms with Gasteiger partial charge in [0.15, 0.2) is 0 Å². The Bertz CT molecular complexity index is 764. The summed E-state index contributed by atoms with van der Waals surface area (Å²) < 4.78 is 0. The first kappa shape index (κ1) is 26.2. The van der Waals surface area contributed by atoms with Crippen molar-refractivity contribution in [2.75, 3.05) is 5.75 Å². The van der Waals surface area contributed by atoms with Gasteiger partial charge in [-0.25, -0.2) is 0 Å². The van der Waals surface area contributed by atoms with Crippen molar-refractivity contribution in [3.8, 4) is 0 Å². The van der Waals surface area contributed by atoms with Gasteiger partial charge in [-0.3, -0.25) is 0 Å². The van der Waals surface area contributed by atoms with Gasteiger partial charge in [0.05, 0.1) is 18.1 Å². The fraction of sp³-hybridized carbons (Fsp3) is 0.556. The van der Waals surface area contributed by atoms with Crippen LogP contribution in [0.1, 0.15) is 53.4 Å². The number of thiol groups is 1. The summed E-state index contributed by atoms with van der Waals surface area (Å²) in [5, 5.41) is 14.5. The highest BCUT2D eigenvalue weighted by Crippen LogP contribution is 2.24. The fourth-order valence-electron chi connectivity index (χ4n) is 4.34. The van der Waals surface area contributed by atoms with Crippen LogP contribution in [0.25, 0.3) is 0 Å². The lowest BCUT2D eigenvalue weighted by Crippen LogP contribution is -2.48. The van der Waals surface area contributed by atoms with Gasteiger partial charge in [-0.05, 0) is 51.4 Å². The molecule has 4 nitrogen and oxygen atoms in total. The van der Waals surface area contributed by atoms with Crippen molar-refractivity contribution in [1.29, 1.82) is 0 Å². The molecular formula is C27H44N4S. The Morgan fingerprint density at radius 3 is 2.31 bits per heavy atom. The smallest absolute Gasteiger partial charge is 0.0739 e. The van der Waals surface area contributed by atoms with Crippen LogP contribution in [-0.2, 0) is 0 Å². The highest BCUT2D eigenvalue weighted by molar-refractivity contribution is 7.80. The molecular weight excluding hydrogens is 412 g/mol. The molecule has 2 bridgehead atoms. The van der Waals surface area contributed by atoms with Gasteiger partial charge in [-0.2, -0.15) is 12.6 Å². The van der Waals surface area contributed by atoms with E-state index in [1.54, 1.807) is 0 Å². The Morgan fingerprint density at radius 1 is 0.938 bits per heavy atom. The van der Waals surface area contributed by atoms with Gasteiger partial charge < -0.3 is 21.3 Å². The molecule has 2 rings (SSSR count). The minimum absolute atomic E-state index is 0.00939. The third kappa shape index (κ3) is 7.54. The van der Waals surface area contributed by atoms with Gasteiger partial charge in [0.1, 0.15) is 0 Å². The Hall–Kier alpha value is -2.01. The van der Waals surface area contributed by atoms with E-state index in [9.17, 15) is 0 Å². The summed E-state index contributed by atoms with van der Waals surface area (Å²) in [6, 6.07) is 0.309. The van der Waals surface area contributed by atoms with Crippen molar-refractivity contribution in [2.24, 2.45) is 11.8 Å². The van der Waals surface area contributed by atoms with E-state index in [1.807, 2.05) is 0 Å². The lowest BCUT2D eigenvalue weighted by Gasteiger charge is -2.34. The lowest BCUT2D eigenvalue weighted by molar-refractivity contribution is 0.429. The molecule has 0 aromatic heterocycles. The predicted octanol–water partition coefficient (Wildman–Crippen LogP) is 5.19. The molecule has 2 aliphatic rings. The second-order valence-corrected chi connectivity index (χ2v) is 9.99. The molecule has 1 fully saturated rings. The van der Waals surface area contributed by atoms with Crippen LogP contribution in [0.4, 0.5) is 0 Å². The first-order valence-corrected chi connectivity index (χ1v) is 12.5. The molecule has 0 aromatic rings. The number of nitrogens with one attached hydrogen (secondary N) is 4. The Balaban J connectivity index is 2.44. The molecule has 0 amide bonds. The summed E-state index contributed by atoms with van der Waals surface area (Å²) in [7, 11) is 0. The van der Waals surface area contributed by atoms with Crippen molar-refractivity contribution in [3.63, 3.8) is 0 Å². The minimum Gasteiger partial charge on any atom is -0.381 e. The zero-order chi connectivity index (χ0) is 23.8. The average molecular weight is 457 g/mol. The zero-order valence-electron chi connectivity index (χ0n) is 20.5. The minimum atomic E-state index is -0.00939. The zero-order valence-corrected chi connectivity index (χ0v) is 21.4. The largest absolute Gasteiger partial charge is 0.381 e. The number of hydrogen-bond donors (Lipinski definition) is 5. The summed E-state index contributed by atoms with van der Waals surface area (Å²) in [5.41, 5.74) is 5.26. The molecule has 1 saturated heterocycles. The van der Waals surface area contributed by atoms with E-state index in [0.29, 0.717) is 17.6 Å². The number of rotatable bonds is 2. The van der Waals surface area contributed by atoms with Crippen molar-refractivity contribution < 1.29 is 0 Å². The van der Waals surface area contributed by atoms with Crippen molar-refractivity contribution in [2.45, 2.75) is 77.5 Å². The molecule has 2 heterocycles. The highest BCUT2D eigenvalue weighted by Gasteiger charge is 2.24. The van der Waals surface area contributed by atoms with Gasteiger partial charge in [0, 0.05) is 34.6 Å². The molecule has 3 unspecified atom stereocenters. The number of hydrogen-bond acceptors (Lipinski definition) is 5. The van der Waals surface area contributed by atoms with Crippen LogP contribution < -0.4 is 21.3 Å². The quantitative estimate of drug-likeness (QED) is 0.293. The molecule has 0 aromatic carbocycles. The second-order valence-electron chi connectivity index (χ2n) is 9.62. The van der Waals surface area contributed by atoms with Crippen LogP contribution in [0.5, 0.6) is 0 Å². The van der Waals surface area contributed by atoms with Gasteiger partial charge in [-0.15, -0.1) is 0 Å². The number of fused-ring (bicyclic) bond motifs is 5. The van der Waals surface area contributed by atoms with Crippen LogP contribution in [0, 0.1) is 11.8 Å². The summed E-state index contributed by atoms with van der Waals surface area (Å²) >= 11 is 4.63. The summed E-state index contributed by atoms with van der Waals surface area (Å²) in [6.45, 7) is 26.2. The molecule has 5 heteroatoms. The van der Waals surface area contributed by atoms with E-state index in [0.717, 1.165) is 48.5 Å². The maximum atomic E-state index is 4.63. The molecule has 0 spiro atoms. The van der Waals surface area contributed by atoms with Crippen molar-refractivity contribution in [3.05, 3.63) is 72.9 Å². The van der Waals surface area contributed by atoms with Gasteiger partial charge >= 0.3 is 0 Å². The van der Waals surface area contributed by atoms with Crippen LogP contribution >= 0.6 is 12.6 Å². The normalized spacial score (nSPS) is 33.6. The van der Waals surface area contributed by atoms with Crippen LogP contribution in [-0.4, -0.2) is 29.9 Å². The molecule has 0 radical (unpaired) electrons. The monoisotopic (exact) mass is 456 g/mol. The molecule has 5 atom stereocenters. The Labute approximate surface area is 201 Å². The second kappa shape index (κ2) is 12.3. The molecule has 178 valence electrons. The van der Waals surface area contributed by atoms with Crippen LogP contribution in [0.15, 0.2) is 72.9 Å². The van der Waals surface area contributed by atoms with Crippen LogP contribution in [0.2, 0.25) is 0 Å². The van der Waals surface area contributed by atoms with Gasteiger partial charge in [0.25, 0.3) is 0 Å². The third-order valence-electron chi connectivity index (χ3n) is 6.37. The highest BCUT2D eigenvalue weighted by atomic mass is 32.1. The van der Waals surface area contributed by atoms with E-state index in [1.165, 1.54) is 5.57 Å². The molecule has 4 N–H and O–H groups in total. The lowest BCUT2D eigenvalue weighted by atomic mass is 9.91. The molecule has 32 heavy (non-hydrogen) atoms. The Morgan fingerprint density at radius 2 is 1.66 bits per heavy atom. The first-order valence-electron chi connectivity index (χ1n) is 11.9. The topological polar surface area (TPSA) is 48.1 Å². The van der Waals surface area contributed by atoms with E-state index < -0.39 is 0 Å². The summed E-state index contributed by atoms with van der Waals surface area (Å²) in [5.74, 6) is 1.36. The molecule has 0 saturated carbocycles. The van der Waals surface area contributed by atoms with E-state index in [4.69, 9.17) is 0 Å². The van der Waals surface area contributed by atoms with Crippen LogP contribution in [0.3, 0.4) is 0 Å². The fourth-order valence-corrected chi connectivity index (χ4v) is 4.65. The maximum absolute atomic E-state index is 4.63. The number of allylic oxidation sites excluding steroid dienone is 4.